The van der Waals surface area contributed by atoms with E-state index in [1.807, 2.05) is 0 Å². The molecule has 0 amide bonds. The monoisotopic (exact) mass is 317 g/mol. The smallest absolute Gasteiger partial charge is 0.0206 e. The van der Waals surface area contributed by atoms with Gasteiger partial charge in [-0.05, 0) is 50.0 Å². The molecule has 0 unspecified atom stereocenters. The first kappa shape index (κ1) is 15.3. The number of nitrogens with two attached hydrogens (primary N) is 1. The molecule has 0 saturated carbocycles. The van der Waals surface area contributed by atoms with Gasteiger partial charge in [-0.15, -0.1) is 0 Å². The standard InChI is InChI=1S/C21H23N3/c22-8-9-23-10-11-24-14-15-12-18-6-4-16-2-1-3-17-5-7-19(13-15)21(18)20(16)17/h1-7,12-13,23-24H,8-11,14,22H2. The molecule has 4 N–H and O–H groups in total. The van der Waals surface area contributed by atoms with Crippen LogP contribution >= 0.6 is 0 Å². The highest BCUT2D eigenvalue weighted by Crippen LogP contribution is 2.34. The van der Waals surface area contributed by atoms with E-state index in [2.05, 4.69) is 65.2 Å². The van der Waals surface area contributed by atoms with Gasteiger partial charge >= 0.3 is 0 Å². The van der Waals surface area contributed by atoms with Crippen molar-refractivity contribution in [3.8, 4) is 0 Å². The Morgan fingerprint density at radius 1 is 0.667 bits per heavy atom. The lowest BCUT2D eigenvalue weighted by Crippen LogP contribution is -2.30. The van der Waals surface area contributed by atoms with Crippen molar-refractivity contribution in [1.82, 2.24) is 10.6 Å². The lowest BCUT2D eigenvalue weighted by molar-refractivity contribution is 0.615. The number of benzene rings is 4. The van der Waals surface area contributed by atoms with Crippen molar-refractivity contribution < 1.29 is 0 Å². The van der Waals surface area contributed by atoms with Crippen molar-refractivity contribution >= 4 is 32.3 Å². The van der Waals surface area contributed by atoms with Crippen LogP contribution in [0, 0.1) is 0 Å². The second-order valence-corrected chi connectivity index (χ2v) is 6.34. The summed E-state index contributed by atoms with van der Waals surface area (Å²) in [7, 11) is 0. The SMILES string of the molecule is NCCNCCNCc1cc2ccc3cccc4ccc(c1)c2c34. The molecule has 122 valence electrons. The summed E-state index contributed by atoms with van der Waals surface area (Å²) >= 11 is 0. The van der Waals surface area contributed by atoms with Gasteiger partial charge in [0, 0.05) is 32.7 Å². The molecule has 0 aliphatic rings. The van der Waals surface area contributed by atoms with Crippen molar-refractivity contribution in [3.05, 3.63) is 60.2 Å². The normalized spacial score (nSPS) is 11.9. The summed E-state index contributed by atoms with van der Waals surface area (Å²) in [6.45, 7) is 4.36. The molecule has 0 aliphatic carbocycles. The number of nitrogens with one attached hydrogen (secondary N) is 2. The van der Waals surface area contributed by atoms with Crippen molar-refractivity contribution in [1.29, 1.82) is 0 Å². The lowest BCUT2D eigenvalue weighted by Gasteiger charge is -2.13. The Labute approximate surface area is 142 Å². The van der Waals surface area contributed by atoms with E-state index in [-0.39, 0.29) is 0 Å². The molecular weight excluding hydrogens is 294 g/mol. The Bertz CT molecular complexity index is 897. The van der Waals surface area contributed by atoms with Gasteiger partial charge in [-0.1, -0.05) is 42.5 Å². The van der Waals surface area contributed by atoms with Crippen LogP contribution in [0.1, 0.15) is 5.56 Å². The molecular formula is C21H23N3. The highest BCUT2D eigenvalue weighted by molar-refractivity contribution is 6.23. The van der Waals surface area contributed by atoms with E-state index in [4.69, 9.17) is 5.73 Å². The molecule has 0 aliphatic heterocycles. The maximum Gasteiger partial charge on any atom is 0.0206 e. The predicted octanol–water partition coefficient (Wildman–Crippen LogP) is 3.22. The maximum atomic E-state index is 5.47. The molecule has 0 bridgehead atoms. The van der Waals surface area contributed by atoms with Crippen LogP contribution in [-0.2, 0) is 6.54 Å². The Morgan fingerprint density at radius 3 is 1.92 bits per heavy atom. The van der Waals surface area contributed by atoms with Gasteiger partial charge in [-0.25, -0.2) is 0 Å². The Kier molecular flexibility index (Phi) is 4.30. The zero-order valence-corrected chi connectivity index (χ0v) is 13.8. The first-order valence-electron chi connectivity index (χ1n) is 8.65. The van der Waals surface area contributed by atoms with Gasteiger partial charge in [0.05, 0.1) is 0 Å². The Balaban J connectivity index is 1.62. The van der Waals surface area contributed by atoms with Crippen molar-refractivity contribution in [2.75, 3.05) is 26.2 Å². The van der Waals surface area contributed by atoms with Crippen LogP contribution in [0.2, 0.25) is 0 Å². The molecule has 4 aromatic rings. The molecule has 0 radical (unpaired) electrons. The third-order valence-electron chi connectivity index (χ3n) is 4.65. The minimum absolute atomic E-state index is 0.691. The highest BCUT2D eigenvalue weighted by Gasteiger charge is 2.08. The summed E-state index contributed by atoms with van der Waals surface area (Å²) in [6, 6.07) is 20.1. The van der Waals surface area contributed by atoms with Gasteiger partial charge in [-0.2, -0.15) is 0 Å². The molecule has 0 fully saturated rings. The van der Waals surface area contributed by atoms with Crippen molar-refractivity contribution in [3.63, 3.8) is 0 Å². The Hall–Kier alpha value is -2.20. The van der Waals surface area contributed by atoms with Gasteiger partial charge in [0.1, 0.15) is 0 Å². The fourth-order valence-corrected chi connectivity index (χ4v) is 3.56. The van der Waals surface area contributed by atoms with Crippen LogP contribution in [0.3, 0.4) is 0 Å². The molecule has 0 aromatic heterocycles. The molecule has 3 heteroatoms. The van der Waals surface area contributed by atoms with Gasteiger partial charge in [0.25, 0.3) is 0 Å². The molecule has 0 atom stereocenters. The van der Waals surface area contributed by atoms with Crippen LogP contribution in [0.4, 0.5) is 0 Å². The van der Waals surface area contributed by atoms with Crippen LogP contribution < -0.4 is 16.4 Å². The second-order valence-electron chi connectivity index (χ2n) is 6.34. The average molecular weight is 317 g/mol. The van der Waals surface area contributed by atoms with E-state index in [1.165, 1.54) is 37.9 Å². The lowest BCUT2D eigenvalue weighted by atomic mass is 9.93. The van der Waals surface area contributed by atoms with Crippen LogP contribution in [0.5, 0.6) is 0 Å². The molecule has 0 saturated heterocycles. The third-order valence-corrected chi connectivity index (χ3v) is 4.65. The van der Waals surface area contributed by atoms with E-state index in [0.29, 0.717) is 6.54 Å². The third kappa shape index (κ3) is 2.82. The molecule has 4 rings (SSSR count). The van der Waals surface area contributed by atoms with Crippen molar-refractivity contribution in [2.45, 2.75) is 6.54 Å². The van der Waals surface area contributed by atoms with Crippen LogP contribution in [-0.4, -0.2) is 26.2 Å². The summed E-state index contributed by atoms with van der Waals surface area (Å²) in [5.41, 5.74) is 6.81. The molecule has 0 spiro atoms. The summed E-state index contributed by atoms with van der Waals surface area (Å²) in [5, 5.41) is 14.9. The van der Waals surface area contributed by atoms with Gasteiger partial charge in [0.2, 0.25) is 0 Å². The zero-order valence-electron chi connectivity index (χ0n) is 13.8. The quantitative estimate of drug-likeness (QED) is 0.362. The first-order chi connectivity index (χ1) is 11.9. The van der Waals surface area contributed by atoms with Crippen molar-refractivity contribution in [2.24, 2.45) is 5.73 Å². The molecule has 3 nitrogen and oxygen atoms in total. The van der Waals surface area contributed by atoms with E-state index in [9.17, 15) is 0 Å². The molecule has 24 heavy (non-hydrogen) atoms. The summed E-state index contributed by atoms with van der Waals surface area (Å²) in [6.07, 6.45) is 0. The van der Waals surface area contributed by atoms with Gasteiger partial charge < -0.3 is 16.4 Å². The minimum atomic E-state index is 0.691. The van der Waals surface area contributed by atoms with E-state index in [1.54, 1.807) is 0 Å². The maximum absolute atomic E-state index is 5.47. The second kappa shape index (κ2) is 6.73. The summed E-state index contributed by atoms with van der Waals surface area (Å²) < 4.78 is 0. The molecule has 0 heterocycles. The van der Waals surface area contributed by atoms with Gasteiger partial charge in [-0.3, -0.25) is 0 Å². The highest BCUT2D eigenvalue weighted by atomic mass is 14.9. The fourth-order valence-electron chi connectivity index (χ4n) is 3.56. The Morgan fingerprint density at radius 2 is 1.25 bits per heavy atom. The number of hydrogen-bond donors (Lipinski definition) is 3. The van der Waals surface area contributed by atoms with E-state index in [0.717, 1.165) is 26.2 Å². The largest absolute Gasteiger partial charge is 0.329 e. The first-order valence-corrected chi connectivity index (χ1v) is 8.65. The van der Waals surface area contributed by atoms with E-state index >= 15 is 0 Å². The van der Waals surface area contributed by atoms with E-state index < -0.39 is 0 Å². The summed E-state index contributed by atoms with van der Waals surface area (Å²) in [4.78, 5) is 0. The minimum Gasteiger partial charge on any atom is -0.329 e. The molecule has 4 aromatic carbocycles. The zero-order chi connectivity index (χ0) is 16.4. The topological polar surface area (TPSA) is 50.1 Å². The fraction of sp³-hybridized carbons (Fsp3) is 0.238. The van der Waals surface area contributed by atoms with Crippen LogP contribution in [0.25, 0.3) is 32.3 Å². The number of hydrogen-bond acceptors (Lipinski definition) is 3. The number of rotatable bonds is 7. The predicted molar refractivity (Wildman–Crippen MR) is 104 cm³/mol. The average Bonchev–Trinajstić information content (AvgIpc) is 2.62. The van der Waals surface area contributed by atoms with Crippen LogP contribution in [0.15, 0.2) is 54.6 Å². The summed E-state index contributed by atoms with van der Waals surface area (Å²) in [5.74, 6) is 0. The van der Waals surface area contributed by atoms with Gasteiger partial charge in [0.15, 0.2) is 0 Å².